The molecule has 0 aliphatic heterocycles. The lowest BCUT2D eigenvalue weighted by Gasteiger charge is -2.21. The number of aliphatic hydroxyl groups excluding tert-OH is 2. The molecule has 0 radical (unpaired) electrons. The van der Waals surface area contributed by atoms with E-state index in [0.29, 0.717) is 5.56 Å². The van der Waals surface area contributed by atoms with E-state index < -0.39 is 23.9 Å². The van der Waals surface area contributed by atoms with Gasteiger partial charge in [0.05, 0.1) is 12.3 Å². The van der Waals surface area contributed by atoms with Crippen molar-refractivity contribution in [2.45, 2.75) is 45.0 Å². The summed E-state index contributed by atoms with van der Waals surface area (Å²) in [5.74, 6) is -0.0920. The number of carbonyl (C=O) groups excluding carboxylic acids is 1. The highest BCUT2D eigenvalue weighted by molar-refractivity contribution is 5.67. The number of hydrogen-bond donors (Lipinski definition) is 4. The molecular formula is C14H22N2O5. The smallest absolute Gasteiger partial charge is 0.407 e. The van der Waals surface area contributed by atoms with Gasteiger partial charge in [0.15, 0.2) is 0 Å². The predicted octanol–water partition coefficient (Wildman–Crippen LogP) is 1.10. The Morgan fingerprint density at radius 3 is 2.62 bits per heavy atom. The minimum absolute atomic E-state index is 0.0920. The second kappa shape index (κ2) is 7.24. The zero-order valence-corrected chi connectivity index (χ0v) is 12.4. The average Bonchev–Trinajstić information content (AvgIpc) is 2.35. The zero-order valence-electron chi connectivity index (χ0n) is 12.4. The van der Waals surface area contributed by atoms with E-state index in [0.717, 1.165) is 0 Å². The van der Waals surface area contributed by atoms with Crippen molar-refractivity contribution in [1.82, 2.24) is 10.3 Å². The molecule has 1 aromatic rings. The minimum Gasteiger partial charge on any atom is -0.506 e. The van der Waals surface area contributed by atoms with E-state index in [-0.39, 0.29) is 18.7 Å². The lowest BCUT2D eigenvalue weighted by atomic mass is 10.0. The van der Waals surface area contributed by atoms with Gasteiger partial charge in [0.2, 0.25) is 0 Å². The van der Waals surface area contributed by atoms with E-state index in [4.69, 9.17) is 4.74 Å². The molecule has 2 unspecified atom stereocenters. The van der Waals surface area contributed by atoms with Crippen LogP contribution in [-0.2, 0) is 4.74 Å². The Hall–Kier alpha value is -1.86. The predicted molar refractivity (Wildman–Crippen MR) is 75.7 cm³/mol. The summed E-state index contributed by atoms with van der Waals surface area (Å²) in [7, 11) is 0. The van der Waals surface area contributed by atoms with Crippen LogP contribution in [0.25, 0.3) is 0 Å². The summed E-state index contributed by atoms with van der Waals surface area (Å²) in [5.41, 5.74) is -0.283. The molecule has 0 bridgehead atoms. The van der Waals surface area contributed by atoms with Gasteiger partial charge >= 0.3 is 6.09 Å². The molecule has 0 aliphatic rings. The van der Waals surface area contributed by atoms with Crippen molar-refractivity contribution in [1.29, 1.82) is 0 Å². The molecule has 0 aromatic carbocycles. The first-order valence-corrected chi connectivity index (χ1v) is 6.66. The first-order chi connectivity index (χ1) is 9.69. The molecule has 118 valence electrons. The van der Waals surface area contributed by atoms with Crippen LogP contribution < -0.4 is 5.32 Å². The van der Waals surface area contributed by atoms with Gasteiger partial charge in [-0.3, -0.25) is 4.98 Å². The molecule has 0 aliphatic carbocycles. The molecular weight excluding hydrogens is 276 g/mol. The van der Waals surface area contributed by atoms with Crippen molar-refractivity contribution in [3.63, 3.8) is 0 Å². The second-order valence-corrected chi connectivity index (χ2v) is 5.71. The maximum atomic E-state index is 11.4. The van der Waals surface area contributed by atoms with E-state index in [9.17, 15) is 20.1 Å². The van der Waals surface area contributed by atoms with Crippen LogP contribution in [-0.4, -0.2) is 44.6 Å². The standard InChI is InChI=1S/C14H22N2O5/c1-14(2,3)21-13(20)16-5-4-11(18)12(19)9-6-10(17)8-15-7-9/h6-8,11-12,17-19H,4-5H2,1-3H3,(H,16,20). The van der Waals surface area contributed by atoms with E-state index in [1.54, 1.807) is 20.8 Å². The number of amides is 1. The minimum atomic E-state index is -1.19. The number of pyridine rings is 1. The maximum Gasteiger partial charge on any atom is 0.407 e. The lowest BCUT2D eigenvalue weighted by molar-refractivity contribution is 0.0120. The molecule has 0 saturated heterocycles. The van der Waals surface area contributed by atoms with Crippen molar-refractivity contribution in [3.05, 3.63) is 24.0 Å². The molecule has 0 saturated carbocycles. The first kappa shape index (κ1) is 17.2. The molecule has 1 rings (SSSR count). The second-order valence-electron chi connectivity index (χ2n) is 5.71. The average molecular weight is 298 g/mol. The molecule has 1 amide bonds. The van der Waals surface area contributed by atoms with Gasteiger partial charge in [0, 0.05) is 18.3 Å². The molecule has 1 heterocycles. The number of aromatic nitrogens is 1. The third kappa shape index (κ3) is 6.42. The van der Waals surface area contributed by atoms with Gasteiger partial charge in [-0.1, -0.05) is 0 Å². The number of ether oxygens (including phenoxy) is 1. The van der Waals surface area contributed by atoms with Crippen LogP contribution >= 0.6 is 0 Å². The van der Waals surface area contributed by atoms with E-state index in [2.05, 4.69) is 10.3 Å². The Bertz CT molecular complexity index is 473. The Balaban J connectivity index is 2.40. The topological polar surface area (TPSA) is 112 Å². The number of carbonyl (C=O) groups is 1. The number of rotatable bonds is 5. The Morgan fingerprint density at radius 2 is 2.05 bits per heavy atom. The molecule has 21 heavy (non-hydrogen) atoms. The van der Waals surface area contributed by atoms with E-state index >= 15 is 0 Å². The van der Waals surface area contributed by atoms with Gasteiger partial charge in [-0.15, -0.1) is 0 Å². The SMILES string of the molecule is CC(C)(C)OC(=O)NCCC(O)C(O)c1cncc(O)c1. The summed E-state index contributed by atoms with van der Waals surface area (Å²) in [4.78, 5) is 15.1. The summed E-state index contributed by atoms with van der Waals surface area (Å²) < 4.78 is 5.04. The molecule has 0 fully saturated rings. The van der Waals surface area contributed by atoms with Gasteiger partial charge in [-0.05, 0) is 33.3 Å². The van der Waals surface area contributed by atoms with Gasteiger partial charge in [0.25, 0.3) is 0 Å². The number of hydrogen-bond acceptors (Lipinski definition) is 6. The van der Waals surface area contributed by atoms with Crippen LogP contribution in [0, 0.1) is 0 Å². The van der Waals surface area contributed by atoms with E-state index in [1.165, 1.54) is 18.5 Å². The number of aromatic hydroxyl groups is 1. The summed E-state index contributed by atoms with van der Waals surface area (Å²) in [6.07, 6.45) is -0.144. The summed E-state index contributed by atoms with van der Waals surface area (Å²) in [6.45, 7) is 5.40. The van der Waals surface area contributed by atoms with Gasteiger partial charge < -0.3 is 25.4 Å². The van der Waals surface area contributed by atoms with Gasteiger partial charge in [-0.25, -0.2) is 4.79 Å². The normalized spacial score (nSPS) is 14.3. The fraction of sp³-hybridized carbons (Fsp3) is 0.571. The molecule has 7 heteroatoms. The molecule has 1 aromatic heterocycles. The first-order valence-electron chi connectivity index (χ1n) is 6.66. The van der Waals surface area contributed by atoms with Gasteiger partial charge in [0.1, 0.15) is 17.5 Å². The van der Waals surface area contributed by atoms with Crippen molar-refractivity contribution < 1.29 is 24.9 Å². The fourth-order valence-corrected chi connectivity index (χ4v) is 1.62. The van der Waals surface area contributed by atoms with Crippen molar-refractivity contribution in [3.8, 4) is 5.75 Å². The Labute approximate surface area is 123 Å². The fourth-order valence-electron chi connectivity index (χ4n) is 1.62. The van der Waals surface area contributed by atoms with Crippen molar-refractivity contribution in [2.75, 3.05) is 6.54 Å². The maximum absolute atomic E-state index is 11.4. The Morgan fingerprint density at radius 1 is 1.38 bits per heavy atom. The summed E-state index contributed by atoms with van der Waals surface area (Å²) >= 11 is 0. The third-order valence-corrected chi connectivity index (χ3v) is 2.56. The third-order valence-electron chi connectivity index (χ3n) is 2.56. The number of aliphatic hydroxyl groups is 2. The highest BCUT2D eigenvalue weighted by atomic mass is 16.6. The summed E-state index contributed by atoms with van der Waals surface area (Å²) in [6, 6.07) is 1.32. The highest BCUT2D eigenvalue weighted by Gasteiger charge is 2.20. The van der Waals surface area contributed by atoms with Crippen LogP contribution in [0.1, 0.15) is 38.9 Å². The molecule has 4 N–H and O–H groups in total. The van der Waals surface area contributed by atoms with Crippen LogP contribution in [0.3, 0.4) is 0 Å². The number of nitrogens with one attached hydrogen (secondary N) is 1. The molecule has 7 nitrogen and oxygen atoms in total. The molecule has 2 atom stereocenters. The quantitative estimate of drug-likeness (QED) is 0.647. The van der Waals surface area contributed by atoms with Crippen LogP contribution in [0.5, 0.6) is 5.75 Å². The zero-order chi connectivity index (χ0) is 16.0. The summed E-state index contributed by atoms with van der Waals surface area (Å²) in [5, 5.41) is 31.5. The number of alkyl carbamates (subject to hydrolysis) is 1. The van der Waals surface area contributed by atoms with Crippen LogP contribution in [0.15, 0.2) is 18.5 Å². The monoisotopic (exact) mass is 298 g/mol. The number of nitrogens with zero attached hydrogens (tertiary/aromatic N) is 1. The van der Waals surface area contributed by atoms with Gasteiger partial charge in [-0.2, -0.15) is 0 Å². The highest BCUT2D eigenvalue weighted by Crippen LogP contribution is 2.21. The Kier molecular flexibility index (Phi) is 5.92. The van der Waals surface area contributed by atoms with Crippen LogP contribution in [0.2, 0.25) is 0 Å². The molecule has 0 spiro atoms. The van der Waals surface area contributed by atoms with Crippen molar-refractivity contribution >= 4 is 6.09 Å². The lowest BCUT2D eigenvalue weighted by Crippen LogP contribution is -2.34. The van der Waals surface area contributed by atoms with Crippen molar-refractivity contribution in [2.24, 2.45) is 0 Å². The van der Waals surface area contributed by atoms with E-state index in [1.807, 2.05) is 0 Å². The van der Waals surface area contributed by atoms with Crippen LogP contribution in [0.4, 0.5) is 4.79 Å². The largest absolute Gasteiger partial charge is 0.506 e.